The van der Waals surface area contributed by atoms with Gasteiger partial charge >= 0.3 is 12.6 Å². The summed E-state index contributed by atoms with van der Waals surface area (Å²) in [7, 11) is 2.47. The van der Waals surface area contributed by atoms with Gasteiger partial charge in [-0.15, -0.1) is 0 Å². The van der Waals surface area contributed by atoms with Crippen LogP contribution in [0.5, 0.6) is 0 Å². The predicted molar refractivity (Wildman–Crippen MR) is 47.3 cm³/mol. The molecule has 0 rings (SSSR count). The lowest BCUT2D eigenvalue weighted by Gasteiger charge is -2.24. The summed E-state index contributed by atoms with van der Waals surface area (Å²) in [5.41, 5.74) is 0. The fourth-order valence-corrected chi connectivity index (χ4v) is 0.871. The molecular weight excluding hydrogens is 251 g/mol. The van der Waals surface area contributed by atoms with Crippen LogP contribution in [0.4, 0.5) is 22.0 Å². The lowest BCUT2D eigenvalue weighted by atomic mass is 10.4. The minimum Gasteiger partial charge on any atom is -0.347 e. The third kappa shape index (κ3) is 6.03. The molecule has 2 amide bonds. The highest BCUT2D eigenvalue weighted by Gasteiger charge is 2.36. The van der Waals surface area contributed by atoms with Gasteiger partial charge in [-0.1, -0.05) is 0 Å². The molecule has 9 heteroatoms. The smallest absolute Gasteiger partial charge is 0.347 e. The second-order valence-corrected chi connectivity index (χ2v) is 3.40. The van der Waals surface area contributed by atoms with Crippen molar-refractivity contribution < 1.29 is 31.5 Å². The minimum absolute atomic E-state index is 0.215. The molecule has 0 N–H and O–H groups in total. The number of rotatable bonds is 4. The first-order valence-electron chi connectivity index (χ1n) is 4.38. The van der Waals surface area contributed by atoms with Gasteiger partial charge in [-0.25, -0.2) is 0 Å². The first-order valence-corrected chi connectivity index (χ1v) is 4.38. The van der Waals surface area contributed by atoms with Crippen LogP contribution in [0.1, 0.15) is 0 Å². The number of hydrogen-bond donors (Lipinski definition) is 0. The van der Waals surface area contributed by atoms with Crippen LogP contribution in [-0.4, -0.2) is 61.4 Å². The van der Waals surface area contributed by atoms with Gasteiger partial charge in [-0.3, -0.25) is 9.59 Å². The number of carbonyl (C=O) groups excluding carboxylic acids is 2. The molecule has 100 valence electrons. The van der Waals surface area contributed by atoms with E-state index in [9.17, 15) is 31.5 Å². The number of amides is 2. The molecule has 0 aliphatic carbocycles. The fourth-order valence-electron chi connectivity index (χ4n) is 0.871. The van der Waals surface area contributed by atoms with E-state index < -0.39 is 37.5 Å². The van der Waals surface area contributed by atoms with Crippen molar-refractivity contribution in [2.24, 2.45) is 0 Å². The average molecular weight is 262 g/mol. The maximum absolute atomic E-state index is 12.0. The molecule has 4 nitrogen and oxygen atoms in total. The first kappa shape index (κ1) is 15.6. The molecule has 0 radical (unpaired) electrons. The normalized spacial score (nSPS) is 11.5. The molecule has 0 unspecified atom stereocenters. The molecule has 0 spiro atoms. The summed E-state index contributed by atoms with van der Waals surface area (Å²) < 4.78 is 60.1. The third-order valence-electron chi connectivity index (χ3n) is 1.69. The van der Waals surface area contributed by atoms with Crippen molar-refractivity contribution in [3.63, 3.8) is 0 Å². The largest absolute Gasteiger partial charge is 0.406 e. The summed E-state index contributed by atoms with van der Waals surface area (Å²) in [5, 5.41) is 0. The van der Waals surface area contributed by atoms with Crippen molar-refractivity contribution in [2.75, 3.05) is 27.2 Å². The summed E-state index contributed by atoms with van der Waals surface area (Å²) in [4.78, 5) is 22.6. The molecule has 0 aliphatic heterocycles. The second kappa shape index (κ2) is 5.78. The highest BCUT2D eigenvalue weighted by Crippen LogP contribution is 2.17. The Kier molecular flexibility index (Phi) is 5.30. The van der Waals surface area contributed by atoms with Gasteiger partial charge in [-0.05, 0) is 0 Å². The maximum atomic E-state index is 12.0. The summed E-state index contributed by atoms with van der Waals surface area (Å²) in [6.07, 6.45) is -8.41. The van der Waals surface area contributed by atoms with Crippen molar-refractivity contribution in [1.82, 2.24) is 9.80 Å². The van der Waals surface area contributed by atoms with E-state index in [1.54, 1.807) is 0 Å². The van der Waals surface area contributed by atoms with E-state index in [0.29, 0.717) is 0 Å². The van der Waals surface area contributed by atoms with Crippen LogP contribution in [0.2, 0.25) is 0 Å². The minimum atomic E-state index is -4.84. The van der Waals surface area contributed by atoms with Crippen molar-refractivity contribution in [1.29, 1.82) is 0 Å². The lowest BCUT2D eigenvalue weighted by molar-refractivity contribution is -0.170. The number of alkyl halides is 5. The molecule has 0 heterocycles. The van der Waals surface area contributed by atoms with Crippen LogP contribution < -0.4 is 0 Å². The van der Waals surface area contributed by atoms with E-state index >= 15 is 0 Å². The standard InChI is InChI=1S/C8H11F5N2O2/c1-14(2)5(16)3-15(4-8(11,12)13)7(17)6(9)10/h6H,3-4H2,1-2H3. The van der Waals surface area contributed by atoms with Crippen molar-refractivity contribution in [2.45, 2.75) is 12.6 Å². The van der Waals surface area contributed by atoms with Crippen molar-refractivity contribution in [3.05, 3.63) is 0 Å². The quantitative estimate of drug-likeness (QED) is 0.701. The SMILES string of the molecule is CN(C)C(=O)CN(CC(F)(F)F)C(=O)C(F)F. The number of hydrogen-bond acceptors (Lipinski definition) is 2. The van der Waals surface area contributed by atoms with Gasteiger partial charge in [0.15, 0.2) is 0 Å². The van der Waals surface area contributed by atoms with Gasteiger partial charge in [0.2, 0.25) is 5.91 Å². The Balaban J connectivity index is 4.75. The fraction of sp³-hybridized carbons (Fsp3) is 0.750. The Bertz CT molecular complexity index is 290. The number of nitrogens with zero attached hydrogens (tertiary/aromatic N) is 2. The molecule has 0 aromatic rings. The number of carbonyl (C=O) groups is 2. The zero-order valence-corrected chi connectivity index (χ0v) is 9.09. The van der Waals surface area contributed by atoms with E-state index in [2.05, 4.69) is 0 Å². The zero-order chi connectivity index (χ0) is 13.8. The predicted octanol–water partition coefficient (Wildman–Crippen LogP) is 0.731. The third-order valence-corrected chi connectivity index (χ3v) is 1.69. The number of likely N-dealkylation sites (N-methyl/N-ethyl adjacent to an activating group) is 1. The first-order chi connectivity index (χ1) is 7.54. The highest BCUT2D eigenvalue weighted by atomic mass is 19.4. The summed E-state index contributed by atoms with van der Waals surface area (Å²) in [5.74, 6) is -2.89. The van der Waals surface area contributed by atoms with Crippen LogP contribution in [0, 0.1) is 0 Å². The zero-order valence-electron chi connectivity index (χ0n) is 9.09. The van der Waals surface area contributed by atoms with Crippen molar-refractivity contribution in [3.8, 4) is 0 Å². The topological polar surface area (TPSA) is 40.6 Å². The molecule has 17 heavy (non-hydrogen) atoms. The summed E-state index contributed by atoms with van der Waals surface area (Å²) in [6.45, 7) is -2.91. The van der Waals surface area contributed by atoms with E-state index in [1.165, 1.54) is 14.1 Å². The molecule has 0 saturated carbocycles. The van der Waals surface area contributed by atoms with E-state index in [4.69, 9.17) is 0 Å². The molecule has 0 bridgehead atoms. The molecule has 0 atom stereocenters. The molecule has 0 fully saturated rings. The van der Waals surface area contributed by atoms with Crippen LogP contribution in [0.15, 0.2) is 0 Å². The van der Waals surface area contributed by atoms with E-state index in [0.717, 1.165) is 4.90 Å². The van der Waals surface area contributed by atoms with Gasteiger partial charge in [0, 0.05) is 14.1 Å². The maximum Gasteiger partial charge on any atom is 0.406 e. The Morgan fingerprint density at radius 3 is 1.94 bits per heavy atom. The van der Waals surface area contributed by atoms with E-state index in [-0.39, 0.29) is 4.90 Å². The second-order valence-electron chi connectivity index (χ2n) is 3.40. The Morgan fingerprint density at radius 1 is 1.18 bits per heavy atom. The van der Waals surface area contributed by atoms with E-state index in [1.807, 2.05) is 0 Å². The molecule has 0 saturated heterocycles. The monoisotopic (exact) mass is 262 g/mol. The van der Waals surface area contributed by atoms with Crippen LogP contribution in [0.25, 0.3) is 0 Å². The lowest BCUT2D eigenvalue weighted by Crippen LogP contribution is -2.47. The van der Waals surface area contributed by atoms with Crippen LogP contribution >= 0.6 is 0 Å². The summed E-state index contributed by atoms with van der Waals surface area (Å²) in [6, 6.07) is 0. The van der Waals surface area contributed by atoms with Crippen LogP contribution in [0.3, 0.4) is 0 Å². The van der Waals surface area contributed by atoms with Gasteiger partial charge < -0.3 is 9.80 Å². The molecule has 0 aromatic carbocycles. The molecule has 0 aromatic heterocycles. The van der Waals surface area contributed by atoms with Gasteiger partial charge in [0.1, 0.15) is 13.1 Å². The Hall–Kier alpha value is -1.41. The molecule has 0 aliphatic rings. The highest BCUT2D eigenvalue weighted by molar-refractivity contribution is 5.86. The van der Waals surface area contributed by atoms with Gasteiger partial charge in [0.25, 0.3) is 5.91 Å². The van der Waals surface area contributed by atoms with Gasteiger partial charge in [-0.2, -0.15) is 22.0 Å². The molecular formula is C8H11F5N2O2. The number of halogens is 5. The van der Waals surface area contributed by atoms with Crippen LogP contribution in [-0.2, 0) is 9.59 Å². The Morgan fingerprint density at radius 2 is 1.65 bits per heavy atom. The summed E-state index contributed by atoms with van der Waals surface area (Å²) >= 11 is 0. The van der Waals surface area contributed by atoms with Crippen molar-refractivity contribution >= 4 is 11.8 Å². The average Bonchev–Trinajstić information content (AvgIpc) is 2.12. The Labute approximate surface area is 94.0 Å². The van der Waals surface area contributed by atoms with Gasteiger partial charge in [0.05, 0.1) is 0 Å².